The van der Waals surface area contributed by atoms with E-state index >= 15 is 0 Å². The van der Waals surface area contributed by atoms with E-state index in [1.54, 1.807) is 0 Å². The molecule has 0 unspecified atom stereocenters. The van der Waals surface area contributed by atoms with Gasteiger partial charge in [-0.3, -0.25) is 4.79 Å². The van der Waals surface area contributed by atoms with Crippen molar-refractivity contribution in [2.24, 2.45) is 0 Å². The summed E-state index contributed by atoms with van der Waals surface area (Å²) in [5, 5.41) is -7.10. The number of Topliss-reactive ketones (excluding diaryl/α,β-unsaturated/α-hetero) is 1. The van der Waals surface area contributed by atoms with Gasteiger partial charge >= 0.3 is 33.4 Å². The Bertz CT molecular complexity index is 1360. The fraction of sp³-hybridized carbons (Fsp3) is 0.208. The van der Waals surface area contributed by atoms with Gasteiger partial charge in [0.1, 0.15) is 0 Å². The Balaban J connectivity index is 2.27. The van der Waals surface area contributed by atoms with E-state index in [-0.39, 0.29) is 15.4 Å². The Morgan fingerprint density at radius 3 is 1.38 bits per heavy atom. The Hall–Kier alpha value is -3.04. The second-order valence-corrected chi connectivity index (χ2v) is 12.5. The minimum atomic E-state index is -7.50. The Kier molecular flexibility index (Phi) is 8.21. The summed E-state index contributed by atoms with van der Waals surface area (Å²) in [4.78, 5) is 12.6. The van der Waals surface area contributed by atoms with Crippen molar-refractivity contribution in [1.29, 1.82) is 0 Å². The minimum Gasteiger partial charge on any atom is -0.293 e. The van der Waals surface area contributed by atoms with Gasteiger partial charge in [0.05, 0.1) is 5.75 Å². The number of rotatable bonds is 10. The summed E-state index contributed by atoms with van der Waals surface area (Å²) in [7, 11) is -11.5. The molecule has 4 nitrogen and oxygen atoms in total. The second-order valence-electron chi connectivity index (χ2n) is 7.92. The maximum absolute atomic E-state index is 14.7. The van der Waals surface area contributed by atoms with Crippen LogP contribution in [0.25, 0.3) is 0 Å². The zero-order valence-corrected chi connectivity index (χ0v) is 20.9. The number of carbonyl (C=O) groups excluding carboxylic acids is 1. The molecular formula is C24H17F9O4S2. The van der Waals surface area contributed by atoms with Gasteiger partial charge in [0.15, 0.2) is 5.78 Å². The van der Waals surface area contributed by atoms with Gasteiger partial charge in [-0.05, 0) is 24.3 Å². The SMILES string of the molecule is O=C(CS(OS(=O)(=O)C(F)(F)C(F)(F)C(F)(F)C(F)(F)F)(c1ccccc1)c1ccccc1)c1ccccc1. The first kappa shape index (κ1) is 30.5. The summed E-state index contributed by atoms with van der Waals surface area (Å²) in [6, 6.07) is 19.1. The average molecular weight is 605 g/mol. The summed E-state index contributed by atoms with van der Waals surface area (Å²) in [5.74, 6) is -17.0. The molecule has 0 saturated heterocycles. The number of halogens is 9. The molecule has 0 aliphatic heterocycles. The van der Waals surface area contributed by atoms with E-state index in [1.165, 1.54) is 66.7 Å². The van der Waals surface area contributed by atoms with Gasteiger partial charge in [-0.25, -0.2) is 3.63 Å². The molecule has 0 spiro atoms. The molecule has 0 radical (unpaired) electrons. The molecule has 0 saturated carbocycles. The van der Waals surface area contributed by atoms with Crippen LogP contribution in [0.15, 0.2) is 101 Å². The highest BCUT2D eigenvalue weighted by atomic mass is 32.3. The van der Waals surface area contributed by atoms with Crippen molar-refractivity contribution in [3.8, 4) is 0 Å². The van der Waals surface area contributed by atoms with Crippen LogP contribution in [0.2, 0.25) is 0 Å². The lowest BCUT2D eigenvalue weighted by Gasteiger charge is -2.40. The van der Waals surface area contributed by atoms with E-state index in [1.807, 2.05) is 0 Å². The van der Waals surface area contributed by atoms with Gasteiger partial charge in [0, 0.05) is 15.4 Å². The molecule has 0 aliphatic carbocycles. The molecule has 0 bridgehead atoms. The molecule has 15 heteroatoms. The minimum absolute atomic E-state index is 0.0806. The van der Waals surface area contributed by atoms with Crippen LogP contribution in [0.1, 0.15) is 10.4 Å². The van der Waals surface area contributed by atoms with Crippen molar-refractivity contribution >= 4 is 26.2 Å². The number of carbonyl (C=O) groups is 1. The summed E-state index contributed by atoms with van der Waals surface area (Å²) >= 11 is 0. The van der Waals surface area contributed by atoms with Crippen molar-refractivity contribution in [3.63, 3.8) is 0 Å². The van der Waals surface area contributed by atoms with E-state index in [9.17, 15) is 52.7 Å². The smallest absolute Gasteiger partial charge is 0.293 e. The van der Waals surface area contributed by atoms with Crippen molar-refractivity contribution in [3.05, 3.63) is 96.6 Å². The van der Waals surface area contributed by atoms with Crippen molar-refractivity contribution in [2.75, 3.05) is 5.75 Å². The van der Waals surface area contributed by atoms with E-state index in [0.717, 1.165) is 24.3 Å². The highest BCUT2D eigenvalue weighted by Crippen LogP contribution is 2.66. The van der Waals surface area contributed by atoms with Crippen LogP contribution in [0.4, 0.5) is 39.5 Å². The van der Waals surface area contributed by atoms with Gasteiger partial charge in [-0.2, -0.15) is 47.9 Å². The predicted octanol–water partition coefficient (Wildman–Crippen LogP) is 7.48. The van der Waals surface area contributed by atoms with Crippen LogP contribution >= 0.6 is 10.3 Å². The van der Waals surface area contributed by atoms with Crippen LogP contribution in [-0.4, -0.2) is 43.2 Å². The van der Waals surface area contributed by atoms with Crippen LogP contribution in [0.3, 0.4) is 0 Å². The molecule has 212 valence electrons. The zero-order chi connectivity index (χ0) is 29.3. The summed E-state index contributed by atoms with van der Waals surface area (Å²) in [5.41, 5.74) is -0.0806. The normalized spacial score (nSPS) is 14.2. The van der Waals surface area contributed by atoms with Crippen LogP contribution in [0, 0.1) is 0 Å². The lowest BCUT2D eigenvalue weighted by Crippen LogP contribution is -2.63. The molecule has 3 rings (SSSR count). The van der Waals surface area contributed by atoms with Gasteiger partial charge in [-0.1, -0.05) is 77.0 Å². The summed E-state index contributed by atoms with van der Waals surface area (Å²) in [6.45, 7) is 0. The average Bonchev–Trinajstić information content (AvgIpc) is 2.88. The standard InChI is InChI=1S/C24H17F9O4S2/c25-21(26,23(29,30)31)22(27,28)24(32,33)39(35,36)37-38(18-12-6-2-7-13-18,19-14-8-3-9-15-19)16-20(34)17-10-4-1-5-11-17/h1-15H,16H2. The topological polar surface area (TPSA) is 60.4 Å². The third kappa shape index (κ3) is 5.39. The number of hydrogen-bond acceptors (Lipinski definition) is 4. The molecule has 3 aromatic rings. The molecule has 0 fully saturated rings. The Morgan fingerprint density at radius 2 is 1.00 bits per heavy atom. The molecule has 0 aliphatic rings. The molecule has 0 heterocycles. The molecule has 0 amide bonds. The summed E-state index contributed by atoms with van der Waals surface area (Å²) < 4.78 is 153. The predicted molar refractivity (Wildman–Crippen MR) is 124 cm³/mol. The maximum Gasteiger partial charge on any atom is 0.460 e. The Labute approximate surface area is 218 Å². The zero-order valence-electron chi connectivity index (χ0n) is 19.2. The molecule has 3 aromatic carbocycles. The lowest BCUT2D eigenvalue weighted by molar-refractivity contribution is -0.382. The fourth-order valence-electron chi connectivity index (χ4n) is 3.29. The van der Waals surface area contributed by atoms with E-state index in [4.69, 9.17) is 0 Å². The quantitative estimate of drug-likeness (QED) is 0.178. The van der Waals surface area contributed by atoms with Gasteiger partial charge in [0.2, 0.25) is 0 Å². The molecular weight excluding hydrogens is 587 g/mol. The molecule has 39 heavy (non-hydrogen) atoms. The number of alkyl halides is 9. The molecule has 0 N–H and O–H groups in total. The highest BCUT2D eigenvalue weighted by molar-refractivity contribution is 8.33. The van der Waals surface area contributed by atoms with Gasteiger partial charge in [-0.15, -0.1) is 0 Å². The third-order valence-corrected chi connectivity index (χ3v) is 10.6. The fourth-order valence-corrected chi connectivity index (χ4v) is 8.45. The molecule has 0 atom stereocenters. The third-order valence-electron chi connectivity index (χ3n) is 5.31. The van der Waals surface area contributed by atoms with E-state index < -0.39 is 55.2 Å². The van der Waals surface area contributed by atoms with Crippen molar-refractivity contribution in [2.45, 2.75) is 33.1 Å². The maximum atomic E-state index is 14.7. The van der Waals surface area contributed by atoms with E-state index in [0.29, 0.717) is 0 Å². The largest absolute Gasteiger partial charge is 0.460 e. The number of hydrogen-bond donors (Lipinski definition) is 0. The van der Waals surface area contributed by atoms with Gasteiger partial charge in [0.25, 0.3) is 0 Å². The number of ketones is 1. The monoisotopic (exact) mass is 604 g/mol. The van der Waals surface area contributed by atoms with Crippen LogP contribution in [0.5, 0.6) is 0 Å². The lowest BCUT2D eigenvalue weighted by atomic mass is 10.1. The van der Waals surface area contributed by atoms with Crippen molar-refractivity contribution < 1.29 is 56.4 Å². The van der Waals surface area contributed by atoms with Crippen LogP contribution < -0.4 is 0 Å². The van der Waals surface area contributed by atoms with Crippen molar-refractivity contribution in [1.82, 2.24) is 0 Å². The first-order valence-electron chi connectivity index (χ1n) is 10.6. The number of benzene rings is 3. The second kappa shape index (κ2) is 10.5. The summed E-state index contributed by atoms with van der Waals surface area (Å²) in [6.07, 6.45) is -7.25. The first-order chi connectivity index (χ1) is 17.9. The van der Waals surface area contributed by atoms with Gasteiger partial charge < -0.3 is 0 Å². The highest BCUT2D eigenvalue weighted by Gasteiger charge is 2.86. The van der Waals surface area contributed by atoms with Crippen LogP contribution in [-0.2, 0) is 13.7 Å². The molecule has 0 aromatic heterocycles. The van der Waals surface area contributed by atoms with E-state index in [2.05, 4.69) is 3.63 Å². The Morgan fingerprint density at radius 1 is 0.615 bits per heavy atom. The first-order valence-corrected chi connectivity index (χ1v) is 13.7.